The fraction of sp³-hybridized carbons (Fsp3) is 0.538. The Morgan fingerprint density at radius 2 is 1.23 bits per heavy atom. The van der Waals surface area contributed by atoms with Crippen molar-refractivity contribution in [1.29, 1.82) is 0 Å². The average Bonchev–Trinajstić information content (AvgIpc) is 2.79. The standard InChI is InChI=1S/C26H35N3O2/c30-25(27-21-12-3-1-4-13-21)18-29(19-26(31)28-22-14-5-2-6-15-22)24-17-9-11-20-10-7-8-16-23(20)24/h7-11,16-17,21-22H,1-6,12-15,18-19H2,(H,27,30)(H,28,31). The molecule has 2 fully saturated rings. The SMILES string of the molecule is O=C(CN(CC(=O)NC1CCCCC1)c1cccc2ccccc12)NC1CCCCC1. The minimum absolute atomic E-state index is 0.00491. The molecule has 5 nitrogen and oxygen atoms in total. The van der Waals surface area contributed by atoms with Gasteiger partial charge in [-0.15, -0.1) is 0 Å². The molecule has 2 N–H and O–H groups in total. The third-order valence-corrected chi connectivity index (χ3v) is 6.72. The van der Waals surface area contributed by atoms with Gasteiger partial charge in [0.1, 0.15) is 0 Å². The summed E-state index contributed by atoms with van der Waals surface area (Å²) in [6.07, 6.45) is 11.5. The number of carbonyl (C=O) groups excluding carboxylic acids is 2. The number of nitrogens with zero attached hydrogens (tertiary/aromatic N) is 1. The summed E-state index contributed by atoms with van der Waals surface area (Å²) < 4.78 is 0. The number of benzene rings is 2. The number of rotatable bonds is 7. The highest BCUT2D eigenvalue weighted by Gasteiger charge is 2.22. The van der Waals surface area contributed by atoms with Gasteiger partial charge in [-0.25, -0.2) is 0 Å². The Kier molecular flexibility index (Phi) is 7.44. The van der Waals surface area contributed by atoms with Crippen LogP contribution < -0.4 is 15.5 Å². The Labute approximate surface area is 185 Å². The van der Waals surface area contributed by atoms with Crippen LogP contribution in [0.25, 0.3) is 10.8 Å². The molecule has 0 unspecified atom stereocenters. The fourth-order valence-electron chi connectivity index (χ4n) is 5.10. The van der Waals surface area contributed by atoms with Gasteiger partial charge in [0.15, 0.2) is 0 Å². The molecule has 2 aliphatic rings. The topological polar surface area (TPSA) is 61.4 Å². The summed E-state index contributed by atoms with van der Waals surface area (Å²) in [5.41, 5.74) is 0.940. The van der Waals surface area contributed by atoms with Crippen molar-refractivity contribution in [2.24, 2.45) is 0 Å². The number of fused-ring (bicyclic) bond motifs is 1. The van der Waals surface area contributed by atoms with Crippen molar-refractivity contribution in [3.63, 3.8) is 0 Å². The van der Waals surface area contributed by atoms with E-state index in [1.807, 2.05) is 29.2 Å². The summed E-state index contributed by atoms with van der Waals surface area (Å²) in [7, 11) is 0. The number of anilines is 1. The highest BCUT2D eigenvalue weighted by Crippen LogP contribution is 2.27. The van der Waals surface area contributed by atoms with Crippen LogP contribution in [0.2, 0.25) is 0 Å². The molecule has 2 amide bonds. The van der Waals surface area contributed by atoms with Crippen molar-refractivity contribution in [1.82, 2.24) is 10.6 Å². The number of amides is 2. The predicted molar refractivity (Wildman–Crippen MR) is 126 cm³/mol. The molecule has 0 radical (unpaired) electrons. The van der Waals surface area contributed by atoms with E-state index in [0.717, 1.165) is 42.1 Å². The molecule has 0 aromatic heterocycles. The summed E-state index contributed by atoms with van der Waals surface area (Å²) in [5.74, 6) is 0.00982. The van der Waals surface area contributed by atoms with Gasteiger partial charge in [0.2, 0.25) is 11.8 Å². The molecule has 2 aliphatic carbocycles. The van der Waals surface area contributed by atoms with Gasteiger partial charge in [0.25, 0.3) is 0 Å². The Balaban J connectivity index is 1.49. The molecular weight excluding hydrogens is 386 g/mol. The van der Waals surface area contributed by atoms with Crippen LogP contribution in [0.1, 0.15) is 64.2 Å². The van der Waals surface area contributed by atoms with Crippen LogP contribution in [0.3, 0.4) is 0 Å². The van der Waals surface area contributed by atoms with Crippen LogP contribution in [0.5, 0.6) is 0 Å². The van der Waals surface area contributed by atoms with Crippen molar-refractivity contribution in [2.75, 3.05) is 18.0 Å². The van der Waals surface area contributed by atoms with Gasteiger partial charge >= 0.3 is 0 Å². The van der Waals surface area contributed by atoms with Crippen LogP contribution in [0.4, 0.5) is 5.69 Å². The molecule has 31 heavy (non-hydrogen) atoms. The van der Waals surface area contributed by atoms with Gasteiger partial charge in [-0.2, -0.15) is 0 Å². The molecule has 0 atom stereocenters. The van der Waals surface area contributed by atoms with Crippen molar-refractivity contribution < 1.29 is 9.59 Å². The summed E-state index contributed by atoms with van der Waals surface area (Å²) in [6, 6.07) is 14.8. The molecule has 4 rings (SSSR count). The van der Waals surface area contributed by atoms with Crippen LogP contribution >= 0.6 is 0 Å². The van der Waals surface area contributed by atoms with Crippen LogP contribution in [-0.4, -0.2) is 37.0 Å². The van der Waals surface area contributed by atoms with Gasteiger partial charge in [-0.05, 0) is 37.1 Å². The highest BCUT2D eigenvalue weighted by atomic mass is 16.2. The molecule has 0 aliphatic heterocycles. The maximum absolute atomic E-state index is 12.9. The minimum atomic E-state index is 0.00491. The zero-order chi connectivity index (χ0) is 21.5. The lowest BCUT2D eigenvalue weighted by Gasteiger charge is -2.29. The second kappa shape index (κ2) is 10.7. The van der Waals surface area contributed by atoms with E-state index < -0.39 is 0 Å². The summed E-state index contributed by atoms with van der Waals surface area (Å²) in [6.45, 7) is 0.394. The smallest absolute Gasteiger partial charge is 0.239 e. The van der Waals surface area contributed by atoms with Crippen molar-refractivity contribution in [3.05, 3.63) is 42.5 Å². The van der Waals surface area contributed by atoms with Gasteiger partial charge in [-0.3, -0.25) is 9.59 Å². The normalized spacial score (nSPS) is 17.9. The quantitative estimate of drug-likeness (QED) is 0.690. The molecule has 0 saturated heterocycles. The van der Waals surface area contributed by atoms with Gasteiger partial charge < -0.3 is 15.5 Å². The van der Waals surface area contributed by atoms with Gasteiger partial charge in [-0.1, -0.05) is 74.9 Å². The van der Waals surface area contributed by atoms with Gasteiger partial charge in [0, 0.05) is 23.2 Å². The number of nitrogens with one attached hydrogen (secondary N) is 2. The van der Waals surface area contributed by atoms with Crippen LogP contribution in [-0.2, 0) is 9.59 Å². The summed E-state index contributed by atoms with van der Waals surface area (Å²) in [4.78, 5) is 27.8. The maximum atomic E-state index is 12.9. The Hall–Kier alpha value is -2.56. The number of hydrogen-bond acceptors (Lipinski definition) is 3. The first-order valence-corrected chi connectivity index (χ1v) is 12.0. The summed E-state index contributed by atoms with van der Waals surface area (Å²) in [5, 5.41) is 8.61. The fourth-order valence-corrected chi connectivity index (χ4v) is 5.10. The zero-order valence-electron chi connectivity index (χ0n) is 18.4. The van der Waals surface area contributed by atoms with E-state index in [0.29, 0.717) is 0 Å². The molecule has 0 heterocycles. The molecule has 0 bridgehead atoms. The van der Waals surface area contributed by atoms with E-state index in [-0.39, 0.29) is 37.0 Å². The second-order valence-corrected chi connectivity index (χ2v) is 9.16. The summed E-state index contributed by atoms with van der Waals surface area (Å²) >= 11 is 0. The lowest BCUT2D eigenvalue weighted by Crippen LogP contribution is -2.47. The number of hydrogen-bond donors (Lipinski definition) is 2. The second-order valence-electron chi connectivity index (χ2n) is 9.16. The molecule has 0 spiro atoms. The van der Waals surface area contributed by atoms with E-state index in [1.54, 1.807) is 0 Å². The Morgan fingerprint density at radius 1 is 0.710 bits per heavy atom. The van der Waals surface area contributed by atoms with E-state index in [1.165, 1.54) is 38.5 Å². The third-order valence-electron chi connectivity index (χ3n) is 6.72. The monoisotopic (exact) mass is 421 g/mol. The van der Waals surface area contributed by atoms with Crippen molar-refractivity contribution in [2.45, 2.75) is 76.3 Å². The third kappa shape index (κ3) is 5.99. The Bertz CT molecular complexity index is 846. The first-order valence-electron chi connectivity index (χ1n) is 12.0. The number of carbonyl (C=O) groups is 2. The minimum Gasteiger partial charge on any atom is -0.352 e. The first kappa shape index (κ1) is 21.7. The zero-order valence-corrected chi connectivity index (χ0v) is 18.4. The molecule has 2 aromatic rings. The molecular formula is C26H35N3O2. The molecule has 2 saturated carbocycles. The average molecular weight is 422 g/mol. The van der Waals surface area contributed by atoms with E-state index in [2.05, 4.69) is 28.8 Å². The Morgan fingerprint density at radius 3 is 1.81 bits per heavy atom. The lowest BCUT2D eigenvalue weighted by atomic mass is 9.95. The van der Waals surface area contributed by atoms with E-state index >= 15 is 0 Å². The highest BCUT2D eigenvalue weighted by molar-refractivity contribution is 5.97. The molecule has 166 valence electrons. The van der Waals surface area contributed by atoms with Crippen molar-refractivity contribution >= 4 is 28.3 Å². The van der Waals surface area contributed by atoms with Crippen LogP contribution in [0.15, 0.2) is 42.5 Å². The molecule has 2 aromatic carbocycles. The lowest BCUT2D eigenvalue weighted by molar-refractivity contribution is -0.121. The van der Waals surface area contributed by atoms with Gasteiger partial charge in [0.05, 0.1) is 13.1 Å². The first-order chi connectivity index (χ1) is 15.2. The predicted octanol–water partition coefficient (Wildman–Crippen LogP) is 4.54. The largest absolute Gasteiger partial charge is 0.352 e. The molecule has 5 heteroatoms. The van der Waals surface area contributed by atoms with E-state index in [4.69, 9.17) is 0 Å². The maximum Gasteiger partial charge on any atom is 0.239 e. The van der Waals surface area contributed by atoms with E-state index in [9.17, 15) is 9.59 Å². The van der Waals surface area contributed by atoms with Crippen LogP contribution in [0, 0.1) is 0 Å². The van der Waals surface area contributed by atoms with Crippen molar-refractivity contribution in [3.8, 4) is 0 Å².